The summed E-state index contributed by atoms with van der Waals surface area (Å²) in [5.74, 6) is 0.982. The Hall–Kier alpha value is -2.09. The van der Waals surface area contributed by atoms with Gasteiger partial charge in [-0.25, -0.2) is 4.98 Å². The molecule has 1 aromatic carbocycles. The molecule has 1 N–H and O–H groups in total. The van der Waals surface area contributed by atoms with Crippen molar-refractivity contribution in [1.29, 1.82) is 5.26 Å². The van der Waals surface area contributed by atoms with Crippen LogP contribution in [0.15, 0.2) is 42.6 Å². The van der Waals surface area contributed by atoms with Crippen molar-refractivity contribution in [1.82, 2.24) is 4.98 Å². The monoisotopic (exact) mass is 313 g/mol. The second-order valence-corrected chi connectivity index (χ2v) is 5.71. The Morgan fingerprint density at radius 2 is 2.18 bits per heavy atom. The van der Waals surface area contributed by atoms with Crippen LogP contribution in [0.5, 0.6) is 0 Å². The first-order valence-electron chi connectivity index (χ1n) is 7.24. The molecule has 2 heterocycles. The van der Waals surface area contributed by atoms with E-state index in [1.807, 2.05) is 24.3 Å². The van der Waals surface area contributed by atoms with Crippen molar-refractivity contribution < 1.29 is 4.74 Å². The van der Waals surface area contributed by atoms with E-state index in [1.54, 1.807) is 6.07 Å². The molecule has 2 aromatic rings. The minimum atomic E-state index is 0.103. The number of pyridine rings is 1. The molecule has 112 valence electrons. The number of aromatic nitrogens is 1. The Bertz CT molecular complexity index is 684. The average Bonchev–Trinajstić information content (AvgIpc) is 3.03. The summed E-state index contributed by atoms with van der Waals surface area (Å²) in [6, 6.07) is 13.9. The number of nitrogens with zero attached hydrogens (tertiary/aromatic N) is 2. The van der Waals surface area contributed by atoms with Gasteiger partial charge in [-0.05, 0) is 18.1 Å². The maximum Gasteiger partial charge on any atom is 0.144 e. The quantitative estimate of drug-likeness (QED) is 0.932. The second kappa shape index (κ2) is 6.78. The first-order chi connectivity index (χ1) is 10.8. The molecule has 4 nitrogen and oxygen atoms in total. The van der Waals surface area contributed by atoms with E-state index in [2.05, 4.69) is 22.4 Å². The van der Waals surface area contributed by atoms with Gasteiger partial charge in [-0.3, -0.25) is 0 Å². The number of anilines is 1. The summed E-state index contributed by atoms with van der Waals surface area (Å²) in [5.41, 5.74) is 1.66. The molecule has 1 fully saturated rings. The summed E-state index contributed by atoms with van der Waals surface area (Å²) in [6.45, 7) is 1.50. The summed E-state index contributed by atoms with van der Waals surface area (Å²) >= 11 is 6.14. The van der Waals surface area contributed by atoms with E-state index < -0.39 is 0 Å². The molecular formula is C17H16ClN3O. The molecule has 0 aliphatic carbocycles. The van der Waals surface area contributed by atoms with Gasteiger partial charge in [0.05, 0.1) is 16.7 Å². The Balaban J connectivity index is 1.67. The topological polar surface area (TPSA) is 57.9 Å². The zero-order valence-electron chi connectivity index (χ0n) is 12.0. The molecule has 3 rings (SSSR count). The summed E-state index contributed by atoms with van der Waals surface area (Å²) in [5, 5.41) is 12.6. The number of halogens is 1. The van der Waals surface area contributed by atoms with Crippen molar-refractivity contribution >= 4 is 17.4 Å². The lowest BCUT2D eigenvalue weighted by molar-refractivity contribution is 0.0933. The van der Waals surface area contributed by atoms with E-state index in [0.717, 1.165) is 19.6 Å². The molecule has 2 atom stereocenters. The molecule has 5 heteroatoms. The predicted molar refractivity (Wildman–Crippen MR) is 85.7 cm³/mol. The lowest BCUT2D eigenvalue weighted by Crippen LogP contribution is -2.18. The third-order valence-corrected chi connectivity index (χ3v) is 4.13. The van der Waals surface area contributed by atoms with Crippen molar-refractivity contribution in [2.45, 2.75) is 12.5 Å². The number of hydrogen-bond acceptors (Lipinski definition) is 4. The van der Waals surface area contributed by atoms with Crippen LogP contribution in [0.2, 0.25) is 5.02 Å². The lowest BCUT2D eigenvalue weighted by atomic mass is 9.95. The molecule has 0 bridgehead atoms. The molecule has 1 aliphatic rings. The minimum Gasteiger partial charge on any atom is -0.373 e. The van der Waals surface area contributed by atoms with E-state index in [4.69, 9.17) is 21.6 Å². The number of nitrogens with one attached hydrogen (secondary N) is 1. The molecule has 1 saturated heterocycles. The molecule has 0 saturated carbocycles. The molecule has 1 aromatic heterocycles. The molecular weight excluding hydrogens is 298 g/mol. The van der Waals surface area contributed by atoms with Crippen molar-refractivity contribution in [3.63, 3.8) is 0 Å². The van der Waals surface area contributed by atoms with Crippen LogP contribution in [0.4, 0.5) is 5.82 Å². The summed E-state index contributed by atoms with van der Waals surface area (Å²) in [4.78, 5) is 4.20. The van der Waals surface area contributed by atoms with E-state index in [0.29, 0.717) is 22.3 Å². The number of hydrogen-bond donors (Lipinski definition) is 1. The van der Waals surface area contributed by atoms with Crippen molar-refractivity contribution in [2.75, 3.05) is 18.5 Å². The third-order valence-electron chi connectivity index (χ3n) is 3.84. The van der Waals surface area contributed by atoms with Crippen LogP contribution in [-0.4, -0.2) is 18.1 Å². The van der Waals surface area contributed by atoms with Crippen LogP contribution in [-0.2, 0) is 4.74 Å². The van der Waals surface area contributed by atoms with Gasteiger partial charge in [0.15, 0.2) is 0 Å². The van der Waals surface area contributed by atoms with E-state index in [-0.39, 0.29) is 6.10 Å². The number of ether oxygens (including phenoxy) is 1. The van der Waals surface area contributed by atoms with Gasteiger partial charge in [0, 0.05) is 25.3 Å². The fourth-order valence-electron chi connectivity index (χ4n) is 2.71. The molecule has 0 unspecified atom stereocenters. The molecule has 0 amide bonds. The number of benzene rings is 1. The largest absolute Gasteiger partial charge is 0.373 e. The number of rotatable bonds is 4. The highest BCUT2D eigenvalue weighted by atomic mass is 35.5. The first-order valence-corrected chi connectivity index (χ1v) is 7.62. The SMILES string of the molecule is N#Cc1cnc(NC[C@H]2CCO[C@@H]2c2ccccc2)c(Cl)c1. The van der Waals surface area contributed by atoms with Crippen LogP contribution in [0.25, 0.3) is 0 Å². The van der Waals surface area contributed by atoms with E-state index in [1.165, 1.54) is 11.8 Å². The fraction of sp³-hybridized carbons (Fsp3) is 0.294. The van der Waals surface area contributed by atoms with Crippen LogP contribution in [0, 0.1) is 17.2 Å². The summed E-state index contributed by atoms with van der Waals surface area (Å²) in [6.07, 6.45) is 2.62. The van der Waals surface area contributed by atoms with Crippen LogP contribution in [0.1, 0.15) is 23.7 Å². The van der Waals surface area contributed by atoms with Crippen LogP contribution < -0.4 is 5.32 Å². The minimum absolute atomic E-state index is 0.103. The Labute approximate surface area is 134 Å². The molecule has 0 radical (unpaired) electrons. The zero-order valence-corrected chi connectivity index (χ0v) is 12.8. The second-order valence-electron chi connectivity index (χ2n) is 5.30. The standard InChI is InChI=1S/C17H16ClN3O/c18-15-8-12(9-19)10-20-17(15)21-11-14-6-7-22-16(14)13-4-2-1-3-5-13/h1-5,8,10,14,16H,6-7,11H2,(H,20,21)/t14-,16-/m1/s1. The maximum atomic E-state index is 8.83. The van der Waals surface area contributed by atoms with Gasteiger partial charge in [0.2, 0.25) is 0 Å². The molecule has 22 heavy (non-hydrogen) atoms. The summed E-state index contributed by atoms with van der Waals surface area (Å²) < 4.78 is 5.87. The normalized spacial score (nSPS) is 20.5. The average molecular weight is 314 g/mol. The van der Waals surface area contributed by atoms with E-state index in [9.17, 15) is 0 Å². The zero-order chi connectivity index (χ0) is 15.4. The maximum absolute atomic E-state index is 8.83. The Kier molecular flexibility index (Phi) is 4.57. The van der Waals surface area contributed by atoms with Crippen LogP contribution >= 0.6 is 11.6 Å². The molecule has 0 spiro atoms. The smallest absolute Gasteiger partial charge is 0.144 e. The highest BCUT2D eigenvalue weighted by Crippen LogP contribution is 2.34. The Morgan fingerprint density at radius 1 is 1.36 bits per heavy atom. The molecule has 1 aliphatic heterocycles. The van der Waals surface area contributed by atoms with Gasteiger partial charge in [0.25, 0.3) is 0 Å². The lowest BCUT2D eigenvalue weighted by Gasteiger charge is -2.20. The van der Waals surface area contributed by atoms with Gasteiger partial charge in [-0.1, -0.05) is 41.9 Å². The highest BCUT2D eigenvalue weighted by molar-refractivity contribution is 6.33. The van der Waals surface area contributed by atoms with Gasteiger partial charge in [-0.15, -0.1) is 0 Å². The Morgan fingerprint density at radius 3 is 2.91 bits per heavy atom. The van der Waals surface area contributed by atoms with Gasteiger partial charge in [-0.2, -0.15) is 5.26 Å². The summed E-state index contributed by atoms with van der Waals surface area (Å²) in [7, 11) is 0. The fourth-order valence-corrected chi connectivity index (χ4v) is 2.94. The van der Waals surface area contributed by atoms with E-state index >= 15 is 0 Å². The first kappa shape index (κ1) is 14.8. The van der Waals surface area contributed by atoms with Crippen molar-refractivity contribution in [2.24, 2.45) is 5.92 Å². The van der Waals surface area contributed by atoms with Gasteiger partial charge < -0.3 is 10.1 Å². The van der Waals surface area contributed by atoms with Gasteiger partial charge in [0.1, 0.15) is 11.9 Å². The van der Waals surface area contributed by atoms with Crippen molar-refractivity contribution in [3.8, 4) is 6.07 Å². The van der Waals surface area contributed by atoms with Crippen LogP contribution in [0.3, 0.4) is 0 Å². The van der Waals surface area contributed by atoms with Gasteiger partial charge >= 0.3 is 0 Å². The highest BCUT2D eigenvalue weighted by Gasteiger charge is 2.29. The number of nitriles is 1. The van der Waals surface area contributed by atoms with Crippen molar-refractivity contribution in [3.05, 3.63) is 58.7 Å². The third kappa shape index (κ3) is 3.22. The predicted octanol–water partition coefficient (Wildman–Crippen LogP) is 3.80.